The van der Waals surface area contributed by atoms with E-state index in [0.29, 0.717) is 34.7 Å². The SMILES string of the molecule is CN1CCCC=CC(C(=O)Nc2ccc(C(=O)N3CCc4cc(C(=O)NCCC(N)=O)sc4-c4ccccc43)cc2)=C1N1CCCC1. The van der Waals surface area contributed by atoms with Crippen LogP contribution < -0.4 is 21.3 Å². The van der Waals surface area contributed by atoms with Gasteiger partial charge in [0.25, 0.3) is 17.7 Å². The van der Waals surface area contributed by atoms with Gasteiger partial charge in [-0.25, -0.2) is 0 Å². The number of benzene rings is 2. The van der Waals surface area contributed by atoms with Gasteiger partial charge in [0, 0.05) is 67.9 Å². The molecule has 0 saturated carbocycles. The zero-order chi connectivity index (χ0) is 32.9. The predicted octanol–water partition coefficient (Wildman–Crippen LogP) is 4.75. The molecule has 4 N–H and O–H groups in total. The minimum Gasteiger partial charge on any atom is -0.370 e. The molecule has 0 aliphatic carbocycles. The van der Waals surface area contributed by atoms with Crippen LogP contribution in [0.1, 0.15) is 57.7 Å². The van der Waals surface area contributed by atoms with Crippen LogP contribution in [-0.4, -0.2) is 73.2 Å². The van der Waals surface area contributed by atoms with E-state index in [2.05, 4.69) is 33.6 Å². The van der Waals surface area contributed by atoms with Gasteiger partial charge in [0.05, 0.1) is 16.1 Å². The van der Waals surface area contributed by atoms with Crippen molar-refractivity contribution in [2.75, 3.05) is 50.0 Å². The number of nitrogens with zero attached hydrogens (tertiary/aromatic N) is 3. The Morgan fingerprint density at radius 3 is 2.45 bits per heavy atom. The summed E-state index contributed by atoms with van der Waals surface area (Å²) in [6.07, 6.45) is 8.90. The molecule has 244 valence electrons. The largest absolute Gasteiger partial charge is 0.370 e. The zero-order valence-corrected chi connectivity index (χ0v) is 27.4. The van der Waals surface area contributed by atoms with Crippen LogP contribution in [0.5, 0.6) is 0 Å². The van der Waals surface area contributed by atoms with E-state index in [9.17, 15) is 19.2 Å². The Bertz CT molecular complexity index is 1740. The van der Waals surface area contributed by atoms with Crippen molar-refractivity contribution in [3.8, 4) is 10.4 Å². The summed E-state index contributed by atoms with van der Waals surface area (Å²) in [5.74, 6) is -0.0388. The first-order chi connectivity index (χ1) is 22.8. The van der Waals surface area contributed by atoms with Gasteiger partial charge < -0.3 is 31.1 Å². The lowest BCUT2D eigenvalue weighted by Crippen LogP contribution is -2.36. The summed E-state index contributed by atoms with van der Waals surface area (Å²) in [6.45, 7) is 3.41. The molecule has 1 saturated heterocycles. The highest BCUT2D eigenvalue weighted by Crippen LogP contribution is 2.42. The summed E-state index contributed by atoms with van der Waals surface area (Å²) in [4.78, 5) is 59.2. The Balaban J connectivity index is 1.19. The second kappa shape index (κ2) is 14.3. The molecule has 3 aliphatic heterocycles. The lowest BCUT2D eigenvalue weighted by molar-refractivity contribution is -0.118. The number of nitrogens with one attached hydrogen (secondary N) is 2. The maximum absolute atomic E-state index is 13.9. The number of fused-ring (bicyclic) bond motifs is 3. The topological polar surface area (TPSA) is 128 Å². The summed E-state index contributed by atoms with van der Waals surface area (Å²) in [5.41, 5.74) is 9.65. The average molecular weight is 653 g/mol. The van der Waals surface area contributed by atoms with Crippen LogP contribution in [0.2, 0.25) is 0 Å². The number of allylic oxidation sites excluding steroid dienone is 1. The van der Waals surface area contributed by atoms with Gasteiger partial charge in [-0.1, -0.05) is 24.3 Å². The number of thiophene rings is 1. The second-order valence-electron chi connectivity index (χ2n) is 12.1. The molecular weight excluding hydrogens is 613 g/mol. The van der Waals surface area contributed by atoms with E-state index in [1.54, 1.807) is 29.2 Å². The maximum Gasteiger partial charge on any atom is 0.261 e. The van der Waals surface area contributed by atoms with Crippen molar-refractivity contribution in [3.05, 3.63) is 94.1 Å². The average Bonchev–Trinajstić information content (AvgIpc) is 3.71. The number of carbonyl (C=O) groups is 4. The molecular formula is C36H40N6O4S. The Morgan fingerprint density at radius 2 is 1.68 bits per heavy atom. The standard InChI is InChI=1S/C36H40N6O4S/c1-40-19-6-2-3-10-28(35(40)41-20-7-8-21-41)33(44)39-26-14-12-24(13-15-26)36(46)42-22-17-25-23-30(34(45)38-18-16-31(37)43)47-32(25)27-9-4-5-11-29(27)42/h3-5,9-15,23H,2,6-8,16-22H2,1H3,(H2,37,43)(H,38,45)(H,39,44). The fraction of sp³-hybridized carbons (Fsp3) is 0.333. The molecule has 47 heavy (non-hydrogen) atoms. The molecule has 4 heterocycles. The summed E-state index contributed by atoms with van der Waals surface area (Å²) < 4.78 is 0. The number of hydrogen-bond donors (Lipinski definition) is 3. The minimum absolute atomic E-state index is 0.0801. The number of likely N-dealkylation sites (tertiary alicyclic amines) is 1. The number of nitrogens with two attached hydrogens (primary N) is 1. The third kappa shape index (κ3) is 7.10. The zero-order valence-electron chi connectivity index (χ0n) is 26.6. The van der Waals surface area contributed by atoms with Gasteiger partial charge in [0.1, 0.15) is 5.82 Å². The molecule has 1 aromatic heterocycles. The smallest absolute Gasteiger partial charge is 0.261 e. The van der Waals surface area contributed by atoms with Crippen LogP contribution in [0, 0.1) is 0 Å². The Labute approximate surface area is 278 Å². The van der Waals surface area contributed by atoms with E-state index >= 15 is 0 Å². The fourth-order valence-corrected chi connectivity index (χ4v) is 7.57. The van der Waals surface area contributed by atoms with Crippen LogP contribution in [0.25, 0.3) is 10.4 Å². The highest BCUT2D eigenvalue weighted by Gasteiger charge is 2.28. The minimum atomic E-state index is -0.467. The Kier molecular flexibility index (Phi) is 9.72. The van der Waals surface area contributed by atoms with E-state index in [1.165, 1.54) is 11.3 Å². The van der Waals surface area contributed by atoms with Crippen molar-refractivity contribution in [2.45, 2.75) is 38.5 Å². The summed E-state index contributed by atoms with van der Waals surface area (Å²) in [5, 5.41) is 5.82. The normalized spacial score (nSPS) is 16.1. The first-order valence-corrected chi connectivity index (χ1v) is 17.0. The monoisotopic (exact) mass is 652 g/mol. The Hall–Kier alpha value is -4.90. The first kappa shape index (κ1) is 32.1. The van der Waals surface area contributed by atoms with Gasteiger partial charge in [-0.05, 0) is 80.1 Å². The molecule has 3 aromatic rings. The third-order valence-corrected chi connectivity index (χ3v) is 9.98. The number of amides is 4. The number of primary amides is 1. The molecule has 6 rings (SSSR count). The molecule has 0 bridgehead atoms. The van der Waals surface area contributed by atoms with Gasteiger partial charge in [0.15, 0.2) is 0 Å². The highest BCUT2D eigenvalue weighted by molar-refractivity contribution is 7.17. The maximum atomic E-state index is 13.9. The summed E-state index contributed by atoms with van der Waals surface area (Å²) >= 11 is 1.38. The van der Waals surface area contributed by atoms with Gasteiger partial charge in [-0.2, -0.15) is 0 Å². The fourth-order valence-electron chi connectivity index (χ4n) is 6.41. The van der Waals surface area contributed by atoms with E-state index < -0.39 is 5.91 Å². The second-order valence-corrected chi connectivity index (χ2v) is 13.1. The summed E-state index contributed by atoms with van der Waals surface area (Å²) in [6, 6.07) is 16.7. The van der Waals surface area contributed by atoms with Crippen molar-refractivity contribution in [3.63, 3.8) is 0 Å². The molecule has 0 radical (unpaired) electrons. The predicted molar refractivity (Wildman–Crippen MR) is 185 cm³/mol. The molecule has 0 atom stereocenters. The van der Waals surface area contributed by atoms with E-state index in [4.69, 9.17) is 5.73 Å². The van der Waals surface area contributed by atoms with Crippen LogP contribution in [0.3, 0.4) is 0 Å². The molecule has 1 fully saturated rings. The highest BCUT2D eigenvalue weighted by atomic mass is 32.1. The molecule has 10 nitrogen and oxygen atoms in total. The van der Waals surface area contributed by atoms with Crippen molar-refractivity contribution in [2.24, 2.45) is 5.73 Å². The molecule has 0 unspecified atom stereocenters. The molecule has 2 aromatic carbocycles. The van der Waals surface area contributed by atoms with Crippen LogP contribution >= 0.6 is 11.3 Å². The third-order valence-electron chi connectivity index (χ3n) is 8.77. The molecule has 4 amide bonds. The quantitative estimate of drug-likeness (QED) is 0.322. The summed E-state index contributed by atoms with van der Waals surface area (Å²) in [7, 11) is 2.06. The van der Waals surface area contributed by atoms with Crippen molar-refractivity contribution in [1.29, 1.82) is 0 Å². The van der Waals surface area contributed by atoms with Crippen LogP contribution in [0.15, 0.2) is 78.1 Å². The molecule has 3 aliphatic rings. The van der Waals surface area contributed by atoms with Gasteiger partial charge >= 0.3 is 0 Å². The van der Waals surface area contributed by atoms with Crippen molar-refractivity contribution >= 4 is 46.3 Å². The lowest BCUT2D eigenvalue weighted by Gasteiger charge is -2.33. The number of hydrogen-bond acceptors (Lipinski definition) is 7. The van der Waals surface area contributed by atoms with Crippen molar-refractivity contribution in [1.82, 2.24) is 15.1 Å². The van der Waals surface area contributed by atoms with E-state index in [1.807, 2.05) is 36.4 Å². The number of carbonyl (C=O) groups excluding carboxylic acids is 4. The number of para-hydroxylation sites is 1. The van der Waals surface area contributed by atoms with Gasteiger partial charge in [-0.15, -0.1) is 11.3 Å². The van der Waals surface area contributed by atoms with E-state index in [-0.39, 0.29) is 30.7 Å². The lowest BCUT2D eigenvalue weighted by atomic mass is 10.1. The number of anilines is 2. The number of rotatable bonds is 8. The molecule has 0 spiro atoms. The Morgan fingerprint density at radius 1 is 0.915 bits per heavy atom. The van der Waals surface area contributed by atoms with Crippen molar-refractivity contribution < 1.29 is 19.2 Å². The van der Waals surface area contributed by atoms with Gasteiger partial charge in [0.2, 0.25) is 5.91 Å². The van der Waals surface area contributed by atoms with Crippen LogP contribution in [-0.2, 0) is 16.0 Å². The van der Waals surface area contributed by atoms with Gasteiger partial charge in [-0.3, -0.25) is 19.2 Å². The van der Waals surface area contributed by atoms with E-state index in [0.717, 1.165) is 72.8 Å². The molecule has 11 heteroatoms. The van der Waals surface area contributed by atoms with Crippen LogP contribution in [0.4, 0.5) is 11.4 Å². The first-order valence-electron chi connectivity index (χ1n) is 16.2.